The molecule has 1 aromatic rings. The SMILES string of the molecule is COC(=O)c1ccc(NC(C)(C)C2CC2)nn1. The topological polar surface area (TPSA) is 64.1 Å². The highest BCUT2D eigenvalue weighted by Crippen LogP contribution is 2.40. The molecule has 0 bridgehead atoms. The van der Waals surface area contributed by atoms with Gasteiger partial charge >= 0.3 is 5.97 Å². The third-order valence-corrected chi connectivity index (χ3v) is 3.11. The number of methoxy groups -OCH3 is 1. The van der Waals surface area contributed by atoms with Crippen LogP contribution in [0.1, 0.15) is 37.2 Å². The molecule has 1 fully saturated rings. The molecular formula is C12H17N3O2. The lowest BCUT2D eigenvalue weighted by atomic mass is 9.99. The van der Waals surface area contributed by atoms with Gasteiger partial charge in [-0.1, -0.05) is 0 Å². The molecule has 0 spiro atoms. The van der Waals surface area contributed by atoms with Gasteiger partial charge in [0.2, 0.25) is 0 Å². The fourth-order valence-electron chi connectivity index (χ4n) is 1.85. The molecule has 1 saturated carbocycles. The molecule has 1 aliphatic rings. The molecule has 92 valence electrons. The van der Waals surface area contributed by atoms with Gasteiger partial charge in [0.25, 0.3) is 0 Å². The first kappa shape index (κ1) is 11.8. The van der Waals surface area contributed by atoms with E-state index < -0.39 is 5.97 Å². The predicted molar refractivity (Wildman–Crippen MR) is 63.8 cm³/mol. The zero-order valence-corrected chi connectivity index (χ0v) is 10.4. The maximum atomic E-state index is 11.2. The zero-order chi connectivity index (χ0) is 12.5. The molecule has 0 atom stereocenters. The first-order chi connectivity index (χ1) is 8.03. The van der Waals surface area contributed by atoms with Crippen LogP contribution >= 0.6 is 0 Å². The number of hydrogen-bond acceptors (Lipinski definition) is 5. The second kappa shape index (κ2) is 4.31. The van der Waals surface area contributed by atoms with Crippen LogP contribution < -0.4 is 5.32 Å². The van der Waals surface area contributed by atoms with E-state index in [0.717, 1.165) is 0 Å². The van der Waals surface area contributed by atoms with Crippen molar-refractivity contribution in [3.05, 3.63) is 17.8 Å². The summed E-state index contributed by atoms with van der Waals surface area (Å²) in [7, 11) is 1.33. The lowest BCUT2D eigenvalue weighted by molar-refractivity contribution is 0.0593. The predicted octanol–water partition coefficient (Wildman–Crippen LogP) is 1.86. The molecule has 1 aromatic heterocycles. The molecule has 17 heavy (non-hydrogen) atoms. The van der Waals surface area contributed by atoms with Gasteiger partial charge in [-0.2, -0.15) is 0 Å². The van der Waals surface area contributed by atoms with E-state index in [1.807, 2.05) is 0 Å². The molecule has 1 heterocycles. The van der Waals surface area contributed by atoms with E-state index in [1.54, 1.807) is 12.1 Å². The average Bonchev–Trinajstić information content (AvgIpc) is 3.12. The lowest BCUT2D eigenvalue weighted by Gasteiger charge is -2.26. The number of rotatable bonds is 4. The summed E-state index contributed by atoms with van der Waals surface area (Å²) in [6, 6.07) is 3.37. The first-order valence-corrected chi connectivity index (χ1v) is 5.73. The molecule has 1 aliphatic carbocycles. The van der Waals surface area contributed by atoms with E-state index in [0.29, 0.717) is 11.7 Å². The van der Waals surface area contributed by atoms with E-state index in [2.05, 4.69) is 34.1 Å². The number of carbonyl (C=O) groups is 1. The highest BCUT2D eigenvalue weighted by molar-refractivity contribution is 5.86. The molecule has 2 rings (SSSR count). The Morgan fingerprint density at radius 3 is 2.59 bits per heavy atom. The quantitative estimate of drug-likeness (QED) is 0.807. The molecule has 0 aromatic carbocycles. The Balaban J connectivity index is 2.05. The minimum absolute atomic E-state index is 0.0292. The van der Waals surface area contributed by atoms with Crippen molar-refractivity contribution in [3.63, 3.8) is 0 Å². The minimum Gasteiger partial charge on any atom is -0.464 e. The molecule has 1 N–H and O–H groups in total. The van der Waals surface area contributed by atoms with Gasteiger partial charge in [0.1, 0.15) is 5.82 Å². The largest absolute Gasteiger partial charge is 0.464 e. The van der Waals surface area contributed by atoms with Gasteiger partial charge in [0, 0.05) is 5.54 Å². The van der Waals surface area contributed by atoms with Crippen LogP contribution in [0, 0.1) is 5.92 Å². The number of ether oxygens (including phenoxy) is 1. The summed E-state index contributed by atoms with van der Waals surface area (Å²) in [5.74, 6) is 0.921. The second-order valence-electron chi connectivity index (χ2n) is 4.92. The number of nitrogens with zero attached hydrogens (tertiary/aromatic N) is 2. The van der Waals surface area contributed by atoms with Crippen molar-refractivity contribution >= 4 is 11.8 Å². The van der Waals surface area contributed by atoms with Gasteiger partial charge in [-0.25, -0.2) is 4.79 Å². The van der Waals surface area contributed by atoms with Gasteiger partial charge < -0.3 is 10.1 Å². The number of hydrogen-bond donors (Lipinski definition) is 1. The van der Waals surface area contributed by atoms with E-state index in [9.17, 15) is 4.79 Å². The Labute approximate surface area is 101 Å². The maximum absolute atomic E-state index is 11.2. The highest BCUT2D eigenvalue weighted by atomic mass is 16.5. The number of esters is 1. The lowest BCUT2D eigenvalue weighted by Crippen LogP contribution is -2.33. The van der Waals surface area contributed by atoms with Crippen LogP contribution in [0.5, 0.6) is 0 Å². The second-order valence-corrected chi connectivity index (χ2v) is 4.92. The van der Waals surface area contributed by atoms with E-state index in [-0.39, 0.29) is 11.2 Å². The molecule has 0 amide bonds. The summed E-state index contributed by atoms with van der Waals surface area (Å²) in [5.41, 5.74) is 0.254. The summed E-state index contributed by atoms with van der Waals surface area (Å²) < 4.78 is 4.56. The van der Waals surface area contributed by atoms with Crippen molar-refractivity contribution in [2.45, 2.75) is 32.2 Å². The molecule has 0 saturated heterocycles. The van der Waals surface area contributed by atoms with Crippen molar-refractivity contribution < 1.29 is 9.53 Å². The Morgan fingerprint density at radius 1 is 1.41 bits per heavy atom. The van der Waals surface area contributed by atoms with E-state index in [4.69, 9.17) is 0 Å². The minimum atomic E-state index is -0.467. The number of aromatic nitrogens is 2. The summed E-state index contributed by atoms with van der Waals surface area (Å²) in [6.07, 6.45) is 2.52. The Kier molecular flexibility index (Phi) is 3.00. The van der Waals surface area contributed by atoms with Gasteiger partial charge in [-0.15, -0.1) is 10.2 Å². The van der Waals surface area contributed by atoms with Crippen molar-refractivity contribution in [1.82, 2.24) is 10.2 Å². The van der Waals surface area contributed by atoms with Crippen LogP contribution in [0.3, 0.4) is 0 Å². The number of nitrogens with one attached hydrogen (secondary N) is 1. The summed E-state index contributed by atoms with van der Waals surface area (Å²) in [6.45, 7) is 4.31. The first-order valence-electron chi connectivity index (χ1n) is 5.73. The molecule has 0 aliphatic heterocycles. The van der Waals surface area contributed by atoms with E-state index in [1.165, 1.54) is 20.0 Å². The molecule has 5 heteroatoms. The van der Waals surface area contributed by atoms with Crippen LogP contribution in [0.4, 0.5) is 5.82 Å². The van der Waals surface area contributed by atoms with Crippen LogP contribution in [0.2, 0.25) is 0 Å². The van der Waals surface area contributed by atoms with Crippen LogP contribution in [-0.2, 0) is 4.74 Å². The maximum Gasteiger partial charge on any atom is 0.358 e. The number of anilines is 1. The van der Waals surface area contributed by atoms with Crippen LogP contribution in [-0.4, -0.2) is 28.8 Å². The van der Waals surface area contributed by atoms with Gasteiger partial charge in [-0.3, -0.25) is 0 Å². The standard InChI is InChI=1S/C12H17N3O2/c1-12(2,8-4-5-8)13-10-7-6-9(14-15-10)11(16)17-3/h6-8H,4-5H2,1-3H3,(H,13,15). The average molecular weight is 235 g/mol. The van der Waals surface area contributed by atoms with Crippen molar-refractivity contribution in [3.8, 4) is 0 Å². The smallest absolute Gasteiger partial charge is 0.358 e. The van der Waals surface area contributed by atoms with Crippen LogP contribution in [0.15, 0.2) is 12.1 Å². The summed E-state index contributed by atoms with van der Waals surface area (Å²) >= 11 is 0. The van der Waals surface area contributed by atoms with Crippen molar-refractivity contribution in [1.29, 1.82) is 0 Å². The summed E-state index contributed by atoms with van der Waals surface area (Å²) in [5, 5.41) is 11.1. The monoisotopic (exact) mass is 235 g/mol. The normalized spacial score (nSPS) is 15.5. The van der Waals surface area contributed by atoms with Gasteiger partial charge in [-0.05, 0) is 44.7 Å². The zero-order valence-electron chi connectivity index (χ0n) is 10.4. The highest BCUT2D eigenvalue weighted by Gasteiger charge is 2.37. The van der Waals surface area contributed by atoms with Crippen molar-refractivity contribution in [2.75, 3.05) is 12.4 Å². The Hall–Kier alpha value is -1.65. The molecule has 0 radical (unpaired) electrons. The van der Waals surface area contributed by atoms with Crippen LogP contribution in [0.25, 0.3) is 0 Å². The molecule has 5 nitrogen and oxygen atoms in total. The van der Waals surface area contributed by atoms with Gasteiger partial charge in [0.15, 0.2) is 5.69 Å². The number of carbonyl (C=O) groups excluding carboxylic acids is 1. The third-order valence-electron chi connectivity index (χ3n) is 3.11. The Morgan fingerprint density at radius 2 is 2.12 bits per heavy atom. The fraction of sp³-hybridized carbons (Fsp3) is 0.583. The third kappa shape index (κ3) is 2.72. The molecule has 0 unspecified atom stereocenters. The van der Waals surface area contributed by atoms with E-state index >= 15 is 0 Å². The fourth-order valence-corrected chi connectivity index (χ4v) is 1.85. The summed E-state index contributed by atoms with van der Waals surface area (Å²) in [4.78, 5) is 11.2. The Bertz CT molecular complexity index is 410. The van der Waals surface area contributed by atoms with Crippen molar-refractivity contribution in [2.24, 2.45) is 5.92 Å². The van der Waals surface area contributed by atoms with Gasteiger partial charge in [0.05, 0.1) is 7.11 Å². The molecular weight excluding hydrogens is 218 g/mol.